The third-order valence-electron chi connectivity index (χ3n) is 3.04. The van der Waals surface area contributed by atoms with E-state index in [0.717, 1.165) is 0 Å². The number of rotatable bonds is 3. The van der Waals surface area contributed by atoms with Gasteiger partial charge in [0.1, 0.15) is 4.90 Å². The summed E-state index contributed by atoms with van der Waals surface area (Å²) in [7, 11) is -1.60. The van der Waals surface area contributed by atoms with Crippen LogP contribution < -0.4 is 0 Å². The molecule has 0 N–H and O–H groups in total. The lowest BCUT2D eigenvalue weighted by Gasteiger charge is -2.31. The summed E-state index contributed by atoms with van der Waals surface area (Å²) in [6.07, 6.45) is 2.38. The van der Waals surface area contributed by atoms with Crippen molar-refractivity contribution in [2.24, 2.45) is 0 Å². The predicted octanol–water partition coefficient (Wildman–Crippen LogP) is -0.385. The molecule has 0 atom stereocenters. The number of nitrogens with zero attached hydrogens (tertiary/aromatic N) is 4. The molecule has 0 unspecified atom stereocenters. The van der Waals surface area contributed by atoms with Gasteiger partial charge in [-0.3, -0.25) is 4.79 Å². The number of piperazine rings is 1. The van der Waals surface area contributed by atoms with Gasteiger partial charge in [-0.05, 0) is 7.05 Å². The molecule has 7 nitrogen and oxygen atoms in total. The van der Waals surface area contributed by atoms with Gasteiger partial charge in [0.05, 0.1) is 12.4 Å². The van der Waals surface area contributed by atoms with Crippen molar-refractivity contribution in [2.75, 3.05) is 33.2 Å². The lowest BCUT2D eigenvalue weighted by molar-refractivity contribution is 0.100. The summed E-state index contributed by atoms with van der Waals surface area (Å²) in [5.74, 6) is -0.263. The standard InChI is InChI=1S/C11H16N4O3S/c1-9(16)11-12-7-10(8-13-11)19(17,18)15-5-3-14(2)4-6-15/h7-8H,3-6H2,1-2H3. The van der Waals surface area contributed by atoms with Crippen molar-refractivity contribution in [1.82, 2.24) is 19.2 Å². The normalized spacial score (nSPS) is 18.4. The van der Waals surface area contributed by atoms with Crippen molar-refractivity contribution in [2.45, 2.75) is 11.8 Å². The van der Waals surface area contributed by atoms with Crippen LogP contribution in [-0.2, 0) is 10.0 Å². The second kappa shape index (κ2) is 5.32. The Bertz CT molecular complexity index is 562. The van der Waals surface area contributed by atoms with Gasteiger partial charge < -0.3 is 4.90 Å². The predicted molar refractivity (Wildman–Crippen MR) is 68.3 cm³/mol. The molecule has 2 heterocycles. The highest BCUT2D eigenvalue weighted by molar-refractivity contribution is 7.89. The van der Waals surface area contributed by atoms with E-state index in [4.69, 9.17) is 0 Å². The van der Waals surface area contributed by atoms with E-state index in [0.29, 0.717) is 26.2 Å². The number of sulfonamides is 1. The minimum Gasteiger partial charge on any atom is -0.304 e. The summed E-state index contributed by atoms with van der Waals surface area (Å²) in [6, 6.07) is 0. The van der Waals surface area contributed by atoms with Crippen molar-refractivity contribution in [1.29, 1.82) is 0 Å². The maximum Gasteiger partial charge on any atom is 0.246 e. The molecule has 2 rings (SSSR count). The molecular weight excluding hydrogens is 268 g/mol. The van der Waals surface area contributed by atoms with Crippen LogP contribution >= 0.6 is 0 Å². The molecule has 0 aromatic carbocycles. The fourth-order valence-electron chi connectivity index (χ4n) is 1.81. The third kappa shape index (κ3) is 2.96. The van der Waals surface area contributed by atoms with E-state index in [-0.39, 0.29) is 16.5 Å². The number of likely N-dealkylation sites (N-methyl/N-ethyl adjacent to an activating group) is 1. The molecule has 1 aromatic rings. The number of carbonyl (C=O) groups is 1. The Balaban J connectivity index is 2.22. The maximum atomic E-state index is 12.3. The van der Waals surface area contributed by atoms with Gasteiger partial charge >= 0.3 is 0 Å². The van der Waals surface area contributed by atoms with Gasteiger partial charge in [0, 0.05) is 33.1 Å². The molecule has 0 saturated carbocycles. The Morgan fingerprint density at radius 2 is 1.68 bits per heavy atom. The van der Waals surface area contributed by atoms with Gasteiger partial charge in [-0.25, -0.2) is 18.4 Å². The molecule has 0 spiro atoms. The van der Waals surface area contributed by atoms with Crippen molar-refractivity contribution < 1.29 is 13.2 Å². The summed E-state index contributed by atoms with van der Waals surface area (Å²) < 4.78 is 26.1. The zero-order valence-corrected chi connectivity index (χ0v) is 11.7. The Morgan fingerprint density at radius 1 is 1.16 bits per heavy atom. The molecule has 1 saturated heterocycles. The Hall–Kier alpha value is -1.38. The molecule has 1 fully saturated rings. The maximum absolute atomic E-state index is 12.3. The van der Waals surface area contributed by atoms with E-state index in [1.165, 1.54) is 23.6 Å². The van der Waals surface area contributed by atoms with Gasteiger partial charge in [-0.1, -0.05) is 0 Å². The Morgan fingerprint density at radius 3 is 2.16 bits per heavy atom. The number of carbonyl (C=O) groups excluding carboxylic acids is 1. The van der Waals surface area contributed by atoms with Crippen molar-refractivity contribution in [3.63, 3.8) is 0 Å². The summed E-state index contributed by atoms with van der Waals surface area (Å²) >= 11 is 0. The van der Waals surface area contributed by atoms with Crippen LogP contribution in [0.3, 0.4) is 0 Å². The number of ketones is 1. The van der Waals surface area contributed by atoms with Crippen LogP contribution in [0, 0.1) is 0 Å². The van der Waals surface area contributed by atoms with Crippen LogP contribution in [0.5, 0.6) is 0 Å². The molecule has 19 heavy (non-hydrogen) atoms. The summed E-state index contributed by atoms with van der Waals surface area (Å²) in [6.45, 7) is 3.64. The molecule has 0 amide bonds. The van der Waals surface area contributed by atoms with Crippen molar-refractivity contribution in [3.8, 4) is 0 Å². The quantitative estimate of drug-likeness (QED) is 0.703. The minimum atomic E-state index is -3.56. The Kier molecular flexibility index (Phi) is 3.93. The zero-order valence-electron chi connectivity index (χ0n) is 10.9. The van der Waals surface area contributed by atoms with Gasteiger partial charge in [-0.15, -0.1) is 0 Å². The molecule has 104 valence electrons. The number of hydrogen-bond acceptors (Lipinski definition) is 6. The average molecular weight is 284 g/mol. The molecule has 0 radical (unpaired) electrons. The first kappa shape index (κ1) is 14.0. The highest BCUT2D eigenvalue weighted by Crippen LogP contribution is 2.15. The molecule has 1 aliphatic heterocycles. The first-order valence-corrected chi connectivity index (χ1v) is 7.37. The molecule has 1 aliphatic rings. The third-order valence-corrected chi connectivity index (χ3v) is 4.89. The van der Waals surface area contributed by atoms with Crippen LogP contribution in [0.15, 0.2) is 17.3 Å². The minimum absolute atomic E-state index is 0.0253. The highest BCUT2D eigenvalue weighted by atomic mass is 32.2. The van der Waals surface area contributed by atoms with E-state index in [1.807, 2.05) is 7.05 Å². The van der Waals surface area contributed by atoms with Crippen molar-refractivity contribution in [3.05, 3.63) is 18.2 Å². The smallest absolute Gasteiger partial charge is 0.246 e. The van der Waals surface area contributed by atoms with Gasteiger partial charge in [0.2, 0.25) is 10.0 Å². The molecule has 8 heteroatoms. The van der Waals surface area contributed by atoms with Crippen LogP contribution in [0.2, 0.25) is 0 Å². The molecule has 1 aromatic heterocycles. The van der Waals surface area contributed by atoms with E-state index in [1.54, 1.807) is 0 Å². The van der Waals surface area contributed by atoms with Crippen LogP contribution in [0.1, 0.15) is 17.5 Å². The number of hydrogen-bond donors (Lipinski definition) is 0. The molecule has 0 bridgehead atoms. The van der Waals surface area contributed by atoms with E-state index < -0.39 is 10.0 Å². The fourth-order valence-corrected chi connectivity index (χ4v) is 3.12. The van der Waals surface area contributed by atoms with Crippen LogP contribution in [0.4, 0.5) is 0 Å². The second-order valence-corrected chi connectivity index (χ2v) is 6.44. The van der Waals surface area contributed by atoms with Crippen molar-refractivity contribution >= 4 is 15.8 Å². The summed E-state index contributed by atoms with van der Waals surface area (Å²) in [5, 5.41) is 0. The number of aromatic nitrogens is 2. The van der Waals surface area contributed by atoms with Crippen LogP contribution in [-0.4, -0.2) is 66.6 Å². The first-order valence-electron chi connectivity index (χ1n) is 5.93. The van der Waals surface area contributed by atoms with E-state index in [9.17, 15) is 13.2 Å². The van der Waals surface area contributed by atoms with E-state index >= 15 is 0 Å². The fraction of sp³-hybridized carbons (Fsp3) is 0.545. The molecule has 0 aliphatic carbocycles. The summed E-state index contributed by atoms with van der Waals surface area (Å²) in [5.41, 5.74) is 0. The monoisotopic (exact) mass is 284 g/mol. The SMILES string of the molecule is CC(=O)c1ncc(S(=O)(=O)N2CCN(C)CC2)cn1. The van der Waals surface area contributed by atoms with Gasteiger partial charge in [0.25, 0.3) is 0 Å². The first-order chi connectivity index (χ1) is 8.91. The van der Waals surface area contributed by atoms with Gasteiger partial charge in [-0.2, -0.15) is 4.31 Å². The lowest BCUT2D eigenvalue weighted by Crippen LogP contribution is -2.47. The second-order valence-electron chi connectivity index (χ2n) is 4.51. The van der Waals surface area contributed by atoms with Gasteiger partial charge in [0.15, 0.2) is 11.6 Å². The highest BCUT2D eigenvalue weighted by Gasteiger charge is 2.28. The molecular formula is C11H16N4O3S. The lowest BCUT2D eigenvalue weighted by atomic mass is 10.4. The average Bonchev–Trinajstić information content (AvgIpc) is 2.39. The van der Waals surface area contributed by atoms with Crippen LogP contribution in [0.25, 0.3) is 0 Å². The zero-order chi connectivity index (χ0) is 14.0. The Labute approximate surface area is 112 Å². The largest absolute Gasteiger partial charge is 0.304 e. The topological polar surface area (TPSA) is 83.5 Å². The van der Waals surface area contributed by atoms with E-state index in [2.05, 4.69) is 14.9 Å². The summed E-state index contributed by atoms with van der Waals surface area (Å²) in [4.78, 5) is 20.7. The number of Topliss-reactive ketones (excluding diaryl/α,β-unsaturated/α-hetero) is 1.